The Balaban J connectivity index is 1.32. The first kappa shape index (κ1) is 19.2. The van der Waals surface area contributed by atoms with E-state index in [1.807, 2.05) is 0 Å². The van der Waals surface area contributed by atoms with Crippen LogP contribution in [-0.4, -0.2) is 96.4 Å². The second kappa shape index (κ2) is 8.46. The molecular weight excluding hydrogens is 362 g/mol. The van der Waals surface area contributed by atoms with Crippen LogP contribution in [0.2, 0.25) is 0 Å². The van der Waals surface area contributed by atoms with Gasteiger partial charge in [-0.25, -0.2) is 4.79 Å². The summed E-state index contributed by atoms with van der Waals surface area (Å²) in [6, 6.07) is 6.89. The Morgan fingerprint density at radius 3 is 2.57 bits per heavy atom. The predicted molar refractivity (Wildman–Crippen MR) is 101 cm³/mol. The summed E-state index contributed by atoms with van der Waals surface area (Å²) in [5, 5.41) is 9.14. The first-order chi connectivity index (χ1) is 13.7. The van der Waals surface area contributed by atoms with Gasteiger partial charge in [-0.3, -0.25) is 14.6 Å². The number of rotatable bonds is 6. The quantitative estimate of drug-likeness (QED) is 0.765. The number of likely N-dealkylation sites (tertiary alicyclic amines) is 1. The number of fused-ring (bicyclic) bond motifs is 1. The van der Waals surface area contributed by atoms with Gasteiger partial charge in [0, 0.05) is 38.3 Å². The topological polar surface area (TPSA) is 82.5 Å². The molecule has 28 heavy (non-hydrogen) atoms. The van der Waals surface area contributed by atoms with E-state index >= 15 is 0 Å². The maximum atomic E-state index is 12.8. The third-order valence-electron chi connectivity index (χ3n) is 5.77. The molecule has 0 radical (unpaired) electrons. The highest BCUT2D eigenvalue weighted by Crippen LogP contribution is 2.28. The highest BCUT2D eigenvalue weighted by Gasteiger charge is 2.48. The molecule has 3 fully saturated rings. The molecule has 1 aromatic rings. The van der Waals surface area contributed by atoms with Crippen LogP contribution < -0.4 is 0 Å². The highest BCUT2D eigenvalue weighted by molar-refractivity contribution is 5.94. The molecule has 0 unspecified atom stereocenters. The van der Waals surface area contributed by atoms with E-state index in [0.717, 1.165) is 44.8 Å². The van der Waals surface area contributed by atoms with Crippen LogP contribution in [0.4, 0.5) is 4.79 Å². The lowest BCUT2D eigenvalue weighted by atomic mass is 10.1. The number of nitrogens with zero attached hydrogens (tertiary/aromatic N) is 3. The molecule has 3 aliphatic heterocycles. The van der Waals surface area contributed by atoms with Crippen LogP contribution in [0.3, 0.4) is 0 Å². The van der Waals surface area contributed by atoms with Crippen molar-refractivity contribution in [2.75, 3.05) is 52.5 Å². The van der Waals surface area contributed by atoms with Crippen molar-refractivity contribution < 1.29 is 24.2 Å². The van der Waals surface area contributed by atoms with Gasteiger partial charge in [-0.05, 0) is 24.1 Å². The number of aliphatic hydroxyl groups is 1. The van der Waals surface area contributed by atoms with Crippen LogP contribution in [0.15, 0.2) is 24.3 Å². The van der Waals surface area contributed by atoms with E-state index in [1.54, 1.807) is 34.1 Å². The second-order valence-electron chi connectivity index (χ2n) is 7.56. The Morgan fingerprint density at radius 2 is 1.86 bits per heavy atom. The average Bonchev–Trinajstić information content (AvgIpc) is 3.26. The second-order valence-corrected chi connectivity index (χ2v) is 7.56. The van der Waals surface area contributed by atoms with Crippen LogP contribution in [0.5, 0.6) is 0 Å². The summed E-state index contributed by atoms with van der Waals surface area (Å²) in [5.41, 5.74) is 1.36. The zero-order valence-electron chi connectivity index (χ0n) is 16.0. The van der Waals surface area contributed by atoms with Crippen molar-refractivity contribution in [3.8, 4) is 0 Å². The zero-order valence-corrected chi connectivity index (χ0v) is 16.0. The van der Waals surface area contributed by atoms with Crippen LogP contribution in [0.25, 0.3) is 0 Å². The number of hydrogen-bond donors (Lipinski definition) is 1. The van der Waals surface area contributed by atoms with Crippen molar-refractivity contribution in [2.24, 2.45) is 0 Å². The van der Waals surface area contributed by atoms with E-state index < -0.39 is 0 Å². The maximum Gasteiger partial charge on any atom is 0.410 e. The number of amides is 2. The third kappa shape index (κ3) is 3.99. The van der Waals surface area contributed by atoms with Crippen molar-refractivity contribution in [1.82, 2.24) is 14.7 Å². The summed E-state index contributed by atoms with van der Waals surface area (Å²) in [7, 11) is 0. The Morgan fingerprint density at radius 1 is 1.11 bits per heavy atom. The molecule has 1 aromatic carbocycles. The lowest BCUT2D eigenvalue weighted by Crippen LogP contribution is -2.42. The fourth-order valence-electron chi connectivity index (χ4n) is 4.15. The highest BCUT2D eigenvalue weighted by atomic mass is 16.6. The minimum Gasteiger partial charge on any atom is -0.442 e. The van der Waals surface area contributed by atoms with E-state index in [1.165, 1.54) is 0 Å². The number of carbonyl (C=O) groups excluding carboxylic acids is 2. The largest absolute Gasteiger partial charge is 0.442 e. The monoisotopic (exact) mass is 389 g/mol. The molecule has 3 aliphatic rings. The first-order valence-corrected chi connectivity index (χ1v) is 9.92. The molecule has 0 bridgehead atoms. The maximum absolute atomic E-state index is 12.8. The average molecular weight is 389 g/mol. The molecule has 8 heteroatoms. The lowest BCUT2D eigenvalue weighted by Gasteiger charge is -2.28. The standard InChI is InChI=1S/C20H27N3O5/c24-14-15-2-4-16(5-3-15)19(25)22-12-17-18(13-22)28-20(26)23(17)7-1-6-21-8-10-27-11-9-21/h2-5,17-18,24H,1,6-14H2/t17-,18+/m0/s1. The van der Waals surface area contributed by atoms with Crippen LogP contribution in [0.1, 0.15) is 22.3 Å². The fourth-order valence-corrected chi connectivity index (χ4v) is 4.15. The molecule has 0 saturated carbocycles. The van der Waals surface area contributed by atoms with Gasteiger partial charge >= 0.3 is 6.09 Å². The van der Waals surface area contributed by atoms with Gasteiger partial charge in [0.15, 0.2) is 0 Å². The smallest absolute Gasteiger partial charge is 0.410 e. The van der Waals surface area contributed by atoms with E-state index in [9.17, 15) is 9.59 Å². The van der Waals surface area contributed by atoms with Gasteiger partial charge in [-0.1, -0.05) is 12.1 Å². The molecule has 3 saturated heterocycles. The molecule has 0 aliphatic carbocycles. The van der Waals surface area contributed by atoms with Gasteiger partial charge in [-0.15, -0.1) is 0 Å². The Labute approximate surface area is 164 Å². The normalized spacial score (nSPS) is 25.1. The number of morpholine rings is 1. The molecule has 1 N–H and O–H groups in total. The van der Waals surface area contributed by atoms with E-state index in [2.05, 4.69) is 4.90 Å². The summed E-state index contributed by atoms with van der Waals surface area (Å²) in [6.45, 7) is 5.87. The van der Waals surface area contributed by atoms with Crippen LogP contribution in [0, 0.1) is 0 Å². The summed E-state index contributed by atoms with van der Waals surface area (Å²) >= 11 is 0. The third-order valence-corrected chi connectivity index (χ3v) is 5.77. The van der Waals surface area contributed by atoms with Gasteiger partial charge in [0.05, 0.1) is 32.4 Å². The molecule has 4 rings (SSSR count). The Kier molecular flexibility index (Phi) is 5.79. The molecule has 0 spiro atoms. The summed E-state index contributed by atoms with van der Waals surface area (Å²) in [4.78, 5) is 30.9. The first-order valence-electron chi connectivity index (χ1n) is 9.92. The van der Waals surface area contributed by atoms with Crippen molar-refractivity contribution >= 4 is 12.0 Å². The van der Waals surface area contributed by atoms with Crippen LogP contribution in [-0.2, 0) is 16.1 Å². The van der Waals surface area contributed by atoms with Gasteiger partial charge < -0.3 is 19.5 Å². The van der Waals surface area contributed by atoms with Gasteiger partial charge in [-0.2, -0.15) is 0 Å². The predicted octanol–water partition coefficient (Wildman–Crippen LogP) is 0.546. The number of hydrogen-bond acceptors (Lipinski definition) is 6. The lowest BCUT2D eigenvalue weighted by molar-refractivity contribution is 0.0362. The van der Waals surface area contributed by atoms with Gasteiger partial charge in [0.1, 0.15) is 6.10 Å². The molecule has 152 valence electrons. The minimum atomic E-state index is -0.267. The number of ether oxygens (including phenoxy) is 2. The van der Waals surface area contributed by atoms with E-state index in [-0.39, 0.29) is 30.8 Å². The number of carbonyl (C=O) groups is 2. The van der Waals surface area contributed by atoms with Crippen molar-refractivity contribution in [3.05, 3.63) is 35.4 Å². The summed E-state index contributed by atoms with van der Waals surface area (Å²) in [6.07, 6.45) is 0.363. The van der Waals surface area contributed by atoms with Gasteiger partial charge in [0.25, 0.3) is 5.91 Å². The SMILES string of the molecule is O=C(c1ccc(CO)cc1)N1C[C@H]2OC(=O)N(CCCN3CCOCC3)[C@H]2C1. The fraction of sp³-hybridized carbons (Fsp3) is 0.600. The van der Waals surface area contributed by atoms with Crippen molar-refractivity contribution in [3.63, 3.8) is 0 Å². The summed E-state index contributed by atoms with van der Waals surface area (Å²) in [5.74, 6) is -0.0665. The summed E-state index contributed by atoms with van der Waals surface area (Å²) < 4.78 is 10.9. The molecule has 8 nitrogen and oxygen atoms in total. The molecule has 0 aromatic heterocycles. The Bertz CT molecular complexity index is 704. The number of benzene rings is 1. The molecular formula is C20H27N3O5. The van der Waals surface area contributed by atoms with E-state index in [4.69, 9.17) is 14.6 Å². The van der Waals surface area contributed by atoms with Gasteiger partial charge in [0.2, 0.25) is 0 Å². The van der Waals surface area contributed by atoms with Crippen molar-refractivity contribution in [2.45, 2.75) is 25.2 Å². The Hall–Kier alpha value is -2.16. The van der Waals surface area contributed by atoms with Crippen LogP contribution >= 0.6 is 0 Å². The number of aliphatic hydroxyl groups excluding tert-OH is 1. The molecule has 2 amide bonds. The van der Waals surface area contributed by atoms with E-state index in [0.29, 0.717) is 25.2 Å². The molecule has 3 heterocycles. The zero-order chi connectivity index (χ0) is 19.5. The molecule has 2 atom stereocenters. The minimum absolute atomic E-state index is 0.0440. The van der Waals surface area contributed by atoms with Crippen molar-refractivity contribution in [1.29, 1.82) is 0 Å².